The number of H-pyrrole nitrogens is 1. The normalized spacial score (nSPS) is 11.2. The molecule has 5 rings (SSSR count). The van der Waals surface area contributed by atoms with Crippen LogP contribution in [-0.4, -0.2) is 32.3 Å². The second kappa shape index (κ2) is 9.52. The molecule has 8 heteroatoms. The van der Waals surface area contributed by atoms with Crippen LogP contribution in [0.15, 0.2) is 87.2 Å². The Hall–Kier alpha value is -3.91. The molecule has 0 saturated carbocycles. The average Bonchev–Trinajstić information content (AvgIpc) is 3.29. The minimum atomic E-state index is -0.209. The molecule has 0 atom stereocenters. The third kappa shape index (κ3) is 4.45. The molecule has 7 nitrogen and oxygen atoms in total. The van der Waals surface area contributed by atoms with Gasteiger partial charge >= 0.3 is 0 Å². The summed E-state index contributed by atoms with van der Waals surface area (Å²) in [5.41, 5.74) is 3.44. The van der Waals surface area contributed by atoms with Crippen molar-refractivity contribution < 1.29 is 9.21 Å². The van der Waals surface area contributed by atoms with E-state index in [9.17, 15) is 9.59 Å². The molecular weight excluding hydrogens is 448 g/mol. The molecule has 0 aliphatic rings. The number of para-hydroxylation sites is 3. The van der Waals surface area contributed by atoms with Gasteiger partial charge in [0.15, 0.2) is 5.58 Å². The van der Waals surface area contributed by atoms with Crippen LogP contribution in [0.5, 0.6) is 0 Å². The molecule has 34 heavy (non-hydrogen) atoms. The van der Waals surface area contributed by atoms with Gasteiger partial charge < -0.3 is 14.3 Å². The summed E-state index contributed by atoms with van der Waals surface area (Å²) in [6.45, 7) is 2.59. The minimum Gasteiger partial charge on any atom is -0.431 e. The Morgan fingerprint density at radius 2 is 1.71 bits per heavy atom. The number of rotatable bonds is 7. The topological polar surface area (TPSA) is 92.1 Å². The molecule has 0 aliphatic carbocycles. The molecule has 2 aromatic heterocycles. The molecule has 0 radical (unpaired) electrons. The van der Waals surface area contributed by atoms with Crippen molar-refractivity contribution in [2.45, 2.75) is 24.4 Å². The van der Waals surface area contributed by atoms with E-state index in [1.807, 2.05) is 61.5 Å². The van der Waals surface area contributed by atoms with Crippen molar-refractivity contribution in [3.8, 4) is 0 Å². The lowest BCUT2D eigenvalue weighted by Crippen LogP contribution is -2.32. The largest absolute Gasteiger partial charge is 0.431 e. The van der Waals surface area contributed by atoms with Crippen LogP contribution in [0.3, 0.4) is 0 Å². The van der Waals surface area contributed by atoms with Crippen molar-refractivity contribution in [1.29, 1.82) is 0 Å². The molecule has 0 spiro atoms. The number of hydrogen-bond acceptors (Lipinski definition) is 6. The fourth-order valence-corrected chi connectivity index (χ4v) is 4.64. The van der Waals surface area contributed by atoms with Crippen molar-refractivity contribution in [2.24, 2.45) is 0 Å². The highest BCUT2D eigenvalue weighted by atomic mass is 32.2. The monoisotopic (exact) mass is 470 g/mol. The highest BCUT2D eigenvalue weighted by Crippen LogP contribution is 2.27. The maximum absolute atomic E-state index is 13.5. The first-order valence-electron chi connectivity index (χ1n) is 11.0. The Kier molecular flexibility index (Phi) is 6.14. The Labute approximate surface area is 199 Å². The van der Waals surface area contributed by atoms with Gasteiger partial charge in [-0.2, -0.15) is 0 Å². The van der Waals surface area contributed by atoms with Crippen LogP contribution in [0.2, 0.25) is 0 Å². The number of carbonyl (C=O) groups is 1. The fourth-order valence-electron chi connectivity index (χ4n) is 3.80. The summed E-state index contributed by atoms with van der Waals surface area (Å²) < 4.78 is 5.80. The van der Waals surface area contributed by atoms with Crippen LogP contribution in [0, 0.1) is 0 Å². The van der Waals surface area contributed by atoms with Crippen LogP contribution in [0.4, 0.5) is 0 Å². The van der Waals surface area contributed by atoms with E-state index < -0.39 is 0 Å². The van der Waals surface area contributed by atoms with Crippen LogP contribution in [0.1, 0.15) is 28.7 Å². The predicted octanol–water partition coefficient (Wildman–Crippen LogP) is 5.02. The maximum Gasteiger partial charge on any atom is 0.258 e. The van der Waals surface area contributed by atoms with Crippen LogP contribution < -0.4 is 5.56 Å². The number of aromatic nitrogens is 3. The SMILES string of the molecule is CCN(Cc1nc2ccccc2c(=O)[nH]1)C(=O)c1ccccc1CSc1nc2ccccc2o1. The first-order chi connectivity index (χ1) is 16.6. The number of thioether (sulfide) groups is 1. The zero-order chi connectivity index (χ0) is 23.5. The first-order valence-corrected chi connectivity index (χ1v) is 11.9. The number of nitrogens with one attached hydrogen (secondary N) is 1. The van der Waals surface area contributed by atoms with Gasteiger partial charge in [-0.1, -0.05) is 54.2 Å². The molecule has 2 heterocycles. The van der Waals surface area contributed by atoms with Gasteiger partial charge in [-0.25, -0.2) is 9.97 Å². The number of aromatic amines is 1. The van der Waals surface area contributed by atoms with E-state index in [1.165, 1.54) is 11.8 Å². The number of oxazole rings is 1. The molecule has 1 amide bonds. The zero-order valence-corrected chi connectivity index (χ0v) is 19.3. The van der Waals surface area contributed by atoms with Crippen LogP contribution >= 0.6 is 11.8 Å². The van der Waals surface area contributed by atoms with Gasteiger partial charge in [0, 0.05) is 17.9 Å². The van der Waals surface area contributed by atoms with E-state index in [-0.39, 0.29) is 18.0 Å². The second-order valence-corrected chi connectivity index (χ2v) is 8.67. The zero-order valence-electron chi connectivity index (χ0n) is 18.5. The van der Waals surface area contributed by atoms with Gasteiger partial charge in [0.05, 0.1) is 17.4 Å². The van der Waals surface area contributed by atoms with Gasteiger partial charge in [-0.15, -0.1) is 0 Å². The van der Waals surface area contributed by atoms with Crippen molar-refractivity contribution in [3.63, 3.8) is 0 Å². The first kappa shape index (κ1) is 21.9. The van der Waals surface area contributed by atoms with Crippen LogP contribution in [0.25, 0.3) is 22.0 Å². The number of carbonyl (C=O) groups excluding carboxylic acids is 1. The van der Waals surface area contributed by atoms with E-state index in [1.54, 1.807) is 23.1 Å². The minimum absolute atomic E-state index is 0.118. The van der Waals surface area contributed by atoms with Gasteiger partial charge in [-0.05, 0) is 42.8 Å². The molecular formula is C26H22N4O3S. The van der Waals surface area contributed by atoms with Gasteiger partial charge in [0.25, 0.3) is 16.7 Å². The smallest absolute Gasteiger partial charge is 0.258 e. The summed E-state index contributed by atoms with van der Waals surface area (Å²) >= 11 is 1.45. The summed E-state index contributed by atoms with van der Waals surface area (Å²) in [4.78, 5) is 39.4. The molecule has 170 valence electrons. The standard InChI is InChI=1S/C26H22N4O3S/c1-2-30(15-23-27-20-12-6-5-11-19(20)24(31)29-23)25(32)18-10-4-3-9-17(18)16-34-26-28-21-13-7-8-14-22(21)33-26/h3-14H,2,15-16H2,1H3,(H,27,29,31). The Bertz CT molecular complexity index is 1510. The number of nitrogens with zero attached hydrogens (tertiary/aromatic N) is 3. The molecule has 0 saturated heterocycles. The van der Waals surface area contributed by atoms with Crippen molar-refractivity contribution in [2.75, 3.05) is 6.54 Å². The Morgan fingerprint density at radius 3 is 2.53 bits per heavy atom. The summed E-state index contributed by atoms with van der Waals surface area (Å²) in [6, 6.07) is 22.3. The molecule has 1 N–H and O–H groups in total. The van der Waals surface area contributed by atoms with Gasteiger partial charge in [0.1, 0.15) is 11.3 Å². The average molecular weight is 471 g/mol. The fraction of sp³-hybridized carbons (Fsp3) is 0.154. The highest BCUT2D eigenvalue weighted by molar-refractivity contribution is 7.98. The molecule has 0 unspecified atom stereocenters. The third-order valence-corrected chi connectivity index (χ3v) is 6.42. The highest BCUT2D eigenvalue weighted by Gasteiger charge is 2.19. The lowest BCUT2D eigenvalue weighted by molar-refractivity contribution is 0.0747. The predicted molar refractivity (Wildman–Crippen MR) is 133 cm³/mol. The van der Waals surface area contributed by atoms with E-state index in [4.69, 9.17) is 4.42 Å². The number of amides is 1. The van der Waals surface area contributed by atoms with Gasteiger partial charge in [-0.3, -0.25) is 9.59 Å². The van der Waals surface area contributed by atoms with Crippen LogP contribution in [-0.2, 0) is 12.3 Å². The Balaban J connectivity index is 1.36. The molecule has 0 aliphatic heterocycles. The lowest BCUT2D eigenvalue weighted by Gasteiger charge is -2.22. The van der Waals surface area contributed by atoms with Crippen molar-refractivity contribution in [3.05, 3.63) is 100 Å². The quantitative estimate of drug-likeness (QED) is 0.336. The lowest BCUT2D eigenvalue weighted by atomic mass is 10.1. The second-order valence-electron chi connectivity index (χ2n) is 7.74. The third-order valence-electron chi connectivity index (χ3n) is 5.54. The van der Waals surface area contributed by atoms with E-state index >= 15 is 0 Å². The van der Waals surface area contributed by atoms with E-state index in [0.29, 0.717) is 39.8 Å². The molecule has 0 fully saturated rings. The van der Waals surface area contributed by atoms with E-state index in [2.05, 4.69) is 15.0 Å². The van der Waals surface area contributed by atoms with Crippen molar-refractivity contribution in [1.82, 2.24) is 19.9 Å². The summed E-state index contributed by atoms with van der Waals surface area (Å²) in [5.74, 6) is 0.876. The number of hydrogen-bond donors (Lipinski definition) is 1. The summed E-state index contributed by atoms with van der Waals surface area (Å²) in [7, 11) is 0. The molecule has 3 aromatic carbocycles. The summed E-state index contributed by atoms with van der Waals surface area (Å²) in [6.07, 6.45) is 0. The van der Waals surface area contributed by atoms with E-state index in [0.717, 1.165) is 16.7 Å². The molecule has 5 aromatic rings. The summed E-state index contributed by atoms with van der Waals surface area (Å²) in [5, 5.41) is 1.09. The van der Waals surface area contributed by atoms with Crippen molar-refractivity contribution >= 4 is 39.7 Å². The maximum atomic E-state index is 13.5. The number of fused-ring (bicyclic) bond motifs is 2. The number of benzene rings is 3. The molecule has 0 bridgehead atoms. The van der Waals surface area contributed by atoms with Gasteiger partial charge in [0.2, 0.25) is 0 Å². The Morgan fingerprint density at radius 1 is 0.971 bits per heavy atom.